The summed E-state index contributed by atoms with van der Waals surface area (Å²) in [6.45, 7) is 3.78. The average Bonchev–Trinajstić information content (AvgIpc) is 2.71. The van der Waals surface area contributed by atoms with Crippen molar-refractivity contribution in [3.8, 4) is 0 Å². The Bertz CT molecular complexity index is 538. The lowest BCUT2D eigenvalue weighted by Gasteiger charge is -2.14. The maximum atomic E-state index is 11.1. The molecule has 5 nitrogen and oxygen atoms in total. The number of rotatable bonds is 4. The van der Waals surface area contributed by atoms with Crippen LogP contribution in [-0.2, 0) is 4.79 Å². The minimum absolute atomic E-state index is 0.0560. The van der Waals surface area contributed by atoms with E-state index in [0.717, 1.165) is 5.65 Å². The Labute approximate surface area is 103 Å². The van der Waals surface area contributed by atoms with Crippen LogP contribution in [0.2, 0.25) is 0 Å². The SMILES string of the molecule is CC(C)C(Sc1ccn2nccc2n1)C(=O)O. The lowest BCUT2D eigenvalue weighted by atomic mass is 10.1. The third-order valence-electron chi connectivity index (χ3n) is 2.33. The summed E-state index contributed by atoms with van der Waals surface area (Å²) in [7, 11) is 0. The highest BCUT2D eigenvalue weighted by molar-refractivity contribution is 8.00. The van der Waals surface area contributed by atoms with Gasteiger partial charge in [-0.15, -0.1) is 0 Å². The molecule has 0 aliphatic heterocycles. The molecule has 0 fully saturated rings. The third-order valence-corrected chi connectivity index (χ3v) is 3.80. The van der Waals surface area contributed by atoms with Crippen molar-refractivity contribution in [2.75, 3.05) is 0 Å². The number of thioether (sulfide) groups is 1. The van der Waals surface area contributed by atoms with Crippen molar-refractivity contribution < 1.29 is 9.90 Å². The molecule has 0 aliphatic carbocycles. The van der Waals surface area contributed by atoms with Crippen LogP contribution in [0.5, 0.6) is 0 Å². The summed E-state index contributed by atoms with van der Waals surface area (Å²) in [5.74, 6) is -0.749. The van der Waals surface area contributed by atoms with Gasteiger partial charge in [-0.2, -0.15) is 5.10 Å². The van der Waals surface area contributed by atoms with Gasteiger partial charge in [0.25, 0.3) is 0 Å². The quantitative estimate of drug-likeness (QED) is 0.664. The molecular weight excluding hydrogens is 238 g/mol. The Morgan fingerprint density at radius 1 is 1.47 bits per heavy atom. The summed E-state index contributed by atoms with van der Waals surface area (Å²) in [6, 6.07) is 3.57. The number of carbonyl (C=O) groups is 1. The Morgan fingerprint density at radius 2 is 2.24 bits per heavy atom. The second kappa shape index (κ2) is 4.75. The highest BCUT2D eigenvalue weighted by Gasteiger charge is 2.23. The van der Waals surface area contributed by atoms with Crippen LogP contribution in [0.15, 0.2) is 29.6 Å². The highest BCUT2D eigenvalue weighted by Crippen LogP contribution is 2.27. The molecule has 1 N–H and O–H groups in total. The smallest absolute Gasteiger partial charge is 0.317 e. The molecular formula is C11H13N3O2S. The fourth-order valence-electron chi connectivity index (χ4n) is 1.46. The largest absolute Gasteiger partial charge is 0.480 e. The molecule has 2 aromatic heterocycles. The first-order valence-corrected chi connectivity index (χ1v) is 6.16. The first-order chi connectivity index (χ1) is 8.08. The Kier molecular flexibility index (Phi) is 3.33. The van der Waals surface area contributed by atoms with Crippen LogP contribution in [0.1, 0.15) is 13.8 Å². The zero-order valence-corrected chi connectivity index (χ0v) is 10.4. The van der Waals surface area contributed by atoms with Crippen molar-refractivity contribution >= 4 is 23.4 Å². The van der Waals surface area contributed by atoms with Gasteiger partial charge in [-0.1, -0.05) is 25.6 Å². The molecule has 2 aromatic rings. The van der Waals surface area contributed by atoms with Gasteiger partial charge >= 0.3 is 5.97 Å². The predicted octanol–water partition coefficient (Wildman–Crippen LogP) is 1.93. The van der Waals surface area contributed by atoms with Crippen LogP contribution >= 0.6 is 11.8 Å². The molecule has 0 amide bonds. The molecule has 0 bridgehead atoms. The maximum Gasteiger partial charge on any atom is 0.317 e. The van der Waals surface area contributed by atoms with Gasteiger partial charge in [0, 0.05) is 12.3 Å². The van der Waals surface area contributed by atoms with E-state index in [9.17, 15) is 4.79 Å². The molecule has 0 spiro atoms. The summed E-state index contributed by atoms with van der Waals surface area (Å²) in [4.78, 5) is 15.4. The normalized spacial score (nSPS) is 13.1. The number of hydrogen-bond donors (Lipinski definition) is 1. The van der Waals surface area contributed by atoms with E-state index in [-0.39, 0.29) is 5.92 Å². The van der Waals surface area contributed by atoms with Crippen LogP contribution in [-0.4, -0.2) is 30.9 Å². The third kappa shape index (κ3) is 2.58. The molecule has 1 atom stereocenters. The molecule has 1 unspecified atom stereocenters. The van der Waals surface area contributed by atoms with Crippen molar-refractivity contribution in [2.45, 2.75) is 24.1 Å². The fraction of sp³-hybridized carbons (Fsp3) is 0.364. The van der Waals surface area contributed by atoms with Crippen LogP contribution < -0.4 is 0 Å². The van der Waals surface area contributed by atoms with Gasteiger partial charge in [-0.05, 0) is 12.0 Å². The van der Waals surface area contributed by atoms with Crippen LogP contribution in [0, 0.1) is 5.92 Å². The molecule has 0 aromatic carbocycles. The topological polar surface area (TPSA) is 67.5 Å². The lowest BCUT2D eigenvalue weighted by molar-refractivity contribution is -0.137. The van der Waals surface area contributed by atoms with Crippen LogP contribution in [0.4, 0.5) is 0 Å². The molecule has 0 saturated carbocycles. The molecule has 2 rings (SSSR count). The summed E-state index contributed by atoms with van der Waals surface area (Å²) in [5.41, 5.74) is 0.725. The number of carboxylic acids is 1. The number of hydrogen-bond acceptors (Lipinski definition) is 4. The number of carboxylic acid groups (broad SMARTS) is 1. The molecule has 0 saturated heterocycles. The number of aliphatic carboxylic acids is 1. The molecule has 90 valence electrons. The summed E-state index contributed by atoms with van der Waals surface area (Å²) < 4.78 is 1.65. The van der Waals surface area contributed by atoms with E-state index < -0.39 is 11.2 Å². The second-order valence-corrected chi connectivity index (χ2v) is 5.18. The van der Waals surface area contributed by atoms with Gasteiger partial charge in [0.15, 0.2) is 5.65 Å². The zero-order valence-electron chi connectivity index (χ0n) is 9.57. The first kappa shape index (κ1) is 11.9. The summed E-state index contributed by atoms with van der Waals surface area (Å²) >= 11 is 1.27. The Hall–Kier alpha value is -1.56. The second-order valence-electron chi connectivity index (χ2n) is 4.02. The molecule has 0 aliphatic rings. The molecule has 6 heteroatoms. The van der Waals surface area contributed by atoms with E-state index in [1.165, 1.54) is 11.8 Å². The van der Waals surface area contributed by atoms with Gasteiger partial charge in [0.2, 0.25) is 0 Å². The van der Waals surface area contributed by atoms with E-state index >= 15 is 0 Å². The van der Waals surface area contributed by atoms with Crippen molar-refractivity contribution in [1.29, 1.82) is 0 Å². The molecule has 17 heavy (non-hydrogen) atoms. The molecule has 0 radical (unpaired) electrons. The van der Waals surface area contributed by atoms with Gasteiger partial charge in [0.1, 0.15) is 10.3 Å². The number of nitrogens with zero attached hydrogens (tertiary/aromatic N) is 3. The van der Waals surface area contributed by atoms with Gasteiger partial charge < -0.3 is 5.11 Å². The van der Waals surface area contributed by atoms with E-state index in [1.807, 2.05) is 13.8 Å². The van der Waals surface area contributed by atoms with E-state index in [0.29, 0.717) is 5.03 Å². The predicted molar refractivity (Wildman–Crippen MR) is 65.1 cm³/mol. The molecule has 2 heterocycles. The van der Waals surface area contributed by atoms with Gasteiger partial charge in [-0.3, -0.25) is 4.79 Å². The highest BCUT2D eigenvalue weighted by atomic mass is 32.2. The van der Waals surface area contributed by atoms with E-state index in [4.69, 9.17) is 5.11 Å². The van der Waals surface area contributed by atoms with Crippen molar-refractivity contribution in [3.05, 3.63) is 24.5 Å². The minimum Gasteiger partial charge on any atom is -0.480 e. The Balaban J connectivity index is 2.24. The zero-order chi connectivity index (χ0) is 12.4. The number of aromatic nitrogens is 3. The summed E-state index contributed by atoms with van der Waals surface area (Å²) in [5, 5.41) is 13.4. The van der Waals surface area contributed by atoms with Gasteiger partial charge in [0.05, 0.1) is 6.20 Å². The minimum atomic E-state index is -0.805. The Morgan fingerprint density at radius 3 is 2.88 bits per heavy atom. The standard InChI is InChI=1S/C11H13N3O2S/c1-7(2)10(11(15)16)17-9-4-6-14-8(13-9)3-5-12-14/h3-7,10H,1-2H3,(H,15,16). The number of fused-ring (bicyclic) bond motifs is 1. The van der Waals surface area contributed by atoms with Crippen molar-refractivity contribution in [3.63, 3.8) is 0 Å². The maximum absolute atomic E-state index is 11.1. The average molecular weight is 251 g/mol. The van der Waals surface area contributed by atoms with Crippen LogP contribution in [0.3, 0.4) is 0 Å². The van der Waals surface area contributed by atoms with Crippen molar-refractivity contribution in [2.24, 2.45) is 5.92 Å². The lowest BCUT2D eigenvalue weighted by Crippen LogP contribution is -2.22. The van der Waals surface area contributed by atoms with E-state index in [1.54, 1.807) is 29.0 Å². The van der Waals surface area contributed by atoms with Gasteiger partial charge in [-0.25, -0.2) is 9.50 Å². The first-order valence-electron chi connectivity index (χ1n) is 5.28. The van der Waals surface area contributed by atoms with Crippen LogP contribution in [0.25, 0.3) is 5.65 Å². The van der Waals surface area contributed by atoms with Crippen molar-refractivity contribution in [1.82, 2.24) is 14.6 Å². The monoisotopic (exact) mass is 251 g/mol. The fourth-order valence-corrected chi connectivity index (χ4v) is 2.38. The summed E-state index contributed by atoms with van der Waals surface area (Å²) in [6.07, 6.45) is 3.44. The van der Waals surface area contributed by atoms with E-state index in [2.05, 4.69) is 10.1 Å².